The molecular formula is C89H187NO15S5. The quantitative estimate of drug-likeness (QED) is 0.0198. The molecular weight excluding hydrogens is 1480 g/mol. The van der Waals surface area contributed by atoms with Gasteiger partial charge < -0.3 is 33.3 Å². The summed E-state index contributed by atoms with van der Waals surface area (Å²) in [7, 11) is 0.596. The number of thioether (sulfide) groups is 3. The van der Waals surface area contributed by atoms with Gasteiger partial charge in [-0.3, -0.25) is 28.8 Å². The van der Waals surface area contributed by atoms with Crippen LogP contribution in [0.5, 0.6) is 0 Å². The van der Waals surface area contributed by atoms with Crippen LogP contribution < -0.4 is 0 Å². The summed E-state index contributed by atoms with van der Waals surface area (Å²) in [6.07, 6.45) is 39.0. The van der Waals surface area contributed by atoms with Gasteiger partial charge in [0.2, 0.25) is 0 Å². The predicted molar refractivity (Wildman–Crippen MR) is 489 cm³/mol. The van der Waals surface area contributed by atoms with E-state index in [2.05, 4.69) is 119 Å². The van der Waals surface area contributed by atoms with Crippen LogP contribution in [0.3, 0.4) is 0 Å². The third-order valence-electron chi connectivity index (χ3n) is 17.0. The van der Waals surface area contributed by atoms with Crippen LogP contribution in [0.1, 0.15) is 399 Å². The molecule has 0 aliphatic heterocycles. The fourth-order valence-electron chi connectivity index (χ4n) is 9.90. The Hall–Kier alpha value is -1.91. The second kappa shape index (κ2) is 101. The number of sulfone groups is 1. The first kappa shape index (κ1) is 129. The molecule has 0 radical (unpaired) electrons. The number of carbonyl (C=O) groups is 6. The fraction of sp³-hybridized carbons (Fsp3) is 0.933. The number of hydrogen-bond acceptors (Lipinski definition) is 19. The van der Waals surface area contributed by atoms with Gasteiger partial charge in [-0.05, 0) is 158 Å². The van der Waals surface area contributed by atoms with Gasteiger partial charge in [0.05, 0.1) is 67.9 Å². The highest BCUT2D eigenvalue weighted by Gasteiger charge is 2.19. The molecule has 0 N–H and O–H groups in total. The number of rotatable bonds is 43. The largest absolute Gasteiger partial charge is 0.466 e. The average Bonchev–Trinajstić information content (AvgIpc) is 1.24. The van der Waals surface area contributed by atoms with E-state index in [0.717, 1.165) is 122 Å². The summed E-state index contributed by atoms with van der Waals surface area (Å²) in [6.45, 7) is 59.0. The van der Waals surface area contributed by atoms with Crippen molar-refractivity contribution in [2.24, 2.45) is 29.1 Å². The monoisotopic (exact) mass is 1670 g/mol. The van der Waals surface area contributed by atoms with Gasteiger partial charge in [-0.15, -0.1) is 0 Å². The Morgan fingerprint density at radius 2 is 0.991 bits per heavy atom. The predicted octanol–water partition coefficient (Wildman–Crippen LogP) is 26.1. The van der Waals surface area contributed by atoms with Crippen molar-refractivity contribution in [3.8, 4) is 0 Å². The zero-order chi connectivity index (χ0) is 86.8. The molecule has 0 aromatic heterocycles. The molecule has 2 aliphatic carbocycles. The maximum Gasteiger partial charge on any atom is 0.329 e. The molecule has 0 aromatic carbocycles. The van der Waals surface area contributed by atoms with Gasteiger partial charge in [0, 0.05) is 58.3 Å². The molecule has 0 bridgehead atoms. The van der Waals surface area contributed by atoms with Crippen LogP contribution in [0.15, 0.2) is 0 Å². The highest BCUT2D eigenvalue weighted by Crippen LogP contribution is 2.29. The van der Waals surface area contributed by atoms with E-state index in [-0.39, 0.29) is 54.0 Å². The topological polar surface area (TPSA) is 204 Å². The fourth-order valence-corrected chi connectivity index (χ4v) is 13.7. The molecule has 1 amide bonds. The minimum Gasteiger partial charge on any atom is -0.466 e. The summed E-state index contributed by atoms with van der Waals surface area (Å²) in [4.78, 5) is 69.7. The second-order valence-corrected chi connectivity index (χ2v) is 35.8. The molecule has 2 aliphatic rings. The van der Waals surface area contributed by atoms with Crippen LogP contribution in [0, 0.1) is 29.1 Å². The first-order chi connectivity index (χ1) is 52.1. The number of methoxy groups -OCH3 is 2. The average molecular weight is 1670 g/mol. The van der Waals surface area contributed by atoms with Crippen LogP contribution in [0.25, 0.3) is 0 Å². The Morgan fingerprint density at radius 1 is 0.509 bits per heavy atom. The molecule has 2 rings (SSSR count). The normalized spacial score (nSPS) is 13.4. The number of nitrogens with zero attached hydrogens (tertiary/aromatic N) is 1. The highest BCUT2D eigenvalue weighted by atomic mass is 32.2. The lowest BCUT2D eigenvalue weighted by molar-refractivity contribution is -0.203. The number of esters is 4. The third-order valence-corrected chi connectivity index (χ3v) is 23.0. The first-order valence-corrected chi connectivity index (χ1v) is 49.7. The Bertz CT molecular complexity index is 1980. The molecule has 2 saturated carbocycles. The van der Waals surface area contributed by atoms with Crippen molar-refractivity contribution in [3.05, 3.63) is 0 Å². The van der Waals surface area contributed by atoms with Gasteiger partial charge >= 0.3 is 29.8 Å². The van der Waals surface area contributed by atoms with Crippen molar-refractivity contribution in [2.45, 2.75) is 423 Å². The Kier molecular flexibility index (Phi) is 119. The van der Waals surface area contributed by atoms with E-state index in [1.165, 1.54) is 142 Å². The second-order valence-electron chi connectivity index (χ2n) is 29.2. The number of thiol groups is 1. The van der Waals surface area contributed by atoms with Gasteiger partial charge in [-0.25, -0.2) is 8.42 Å². The smallest absolute Gasteiger partial charge is 0.329 e. The van der Waals surface area contributed by atoms with E-state index in [9.17, 15) is 37.2 Å². The number of amides is 1. The maximum atomic E-state index is 11.2. The number of hydrogen-bond donors (Lipinski definition) is 1. The number of hydroxylamine groups is 2. The van der Waals surface area contributed by atoms with Crippen molar-refractivity contribution in [3.63, 3.8) is 0 Å². The van der Waals surface area contributed by atoms with E-state index in [1.807, 2.05) is 90.0 Å². The molecule has 5 unspecified atom stereocenters. The zero-order valence-electron chi connectivity index (χ0n) is 77.9. The SMILES string of the molecule is CC.CCC(C)CC(C)(C)C.CCC(C)N(OC(C)=O)C(C)=O.CCCC(=O)OCC.CCCC1CCCC1.CCCCC(C)CC.CCCCCCS(=O)(=O)CCC.CCCS.CCCSC1CCCCC1.CCCSCC(=O)OCCC(C)OC.CCOC(=O)C(CC)CC.CCSCC(=O)OCCC(C)OC. The molecule has 110 heavy (non-hydrogen) atoms. The van der Waals surface area contributed by atoms with Crippen LogP contribution in [-0.4, -0.2) is 159 Å². The third kappa shape index (κ3) is 115. The summed E-state index contributed by atoms with van der Waals surface area (Å²) in [5, 5.41) is 2.12. The molecule has 0 aromatic rings. The molecule has 0 spiro atoms. The standard InChI is InChI=1S/C10H20O3S.C9H18O3S.C9H20O2S.C9H18S.C9H20.C8H15NO3.C8H16O2.C8H16.C8H18.C6H12O2.C3H8S.C2H6/c1-4-7-14-8-10(11)13-6-5-9(2)12-3;1-4-13-7-9(10)12-6-5-8(2)11-3;1-3-5-6-7-9-12(10,11)8-4-2;1-2-8-10-9-6-4-3-5-7-9;1-6-8(2)7-9(3,4)5;1-5-6(2)9(7(3)10)12-8(4)11;1-4-7(5-2)8(9)10-6-3;1-2-5-8-6-3-4-7-8;1-4-6-7-8(3)5-2;1-3-5-6(7)8-4-2;1-2-3-4;1-2/h9H,4-8H2,1-3H3;8H,4-7H2,1-3H3;3-9H2,1-2H3;9H,2-8H2,1H3;8H,6-7H2,1-5H3;6H,5H2,1-4H3;7H,4-6H2,1-3H3;8H,2-7H2,1H3;8H,4-7H2,1-3H3;3-5H2,1-2H3;4H,2-3H2,1H3;1-2H3. The van der Waals surface area contributed by atoms with E-state index in [0.29, 0.717) is 61.3 Å². The summed E-state index contributed by atoms with van der Waals surface area (Å²) in [5.41, 5.74) is 0.523. The van der Waals surface area contributed by atoms with Gasteiger partial charge in [-0.1, -0.05) is 255 Å². The molecule has 16 nitrogen and oxygen atoms in total. The lowest BCUT2D eigenvalue weighted by Gasteiger charge is -2.24. The zero-order valence-corrected chi connectivity index (χ0v) is 82.0. The molecule has 0 saturated heterocycles. The minimum absolute atomic E-state index is 0.0486. The number of unbranched alkanes of at least 4 members (excludes halogenated alkanes) is 4. The van der Waals surface area contributed by atoms with Crippen molar-refractivity contribution in [1.29, 1.82) is 0 Å². The highest BCUT2D eigenvalue weighted by molar-refractivity contribution is 8.00. The number of carbonyl (C=O) groups excluding carboxylic acids is 6. The van der Waals surface area contributed by atoms with Crippen molar-refractivity contribution in [1.82, 2.24) is 5.06 Å². The molecule has 21 heteroatoms. The summed E-state index contributed by atoms with van der Waals surface area (Å²) in [6, 6.07) is -0.0635. The first-order valence-electron chi connectivity index (χ1n) is 43.9. The van der Waals surface area contributed by atoms with Crippen molar-refractivity contribution >= 4 is 93.5 Å². The summed E-state index contributed by atoms with van der Waals surface area (Å²) in [5.74, 6) is 8.00. The van der Waals surface area contributed by atoms with Gasteiger partial charge in [0.15, 0.2) is 0 Å². The lowest BCUT2D eigenvalue weighted by atomic mass is 9.84. The van der Waals surface area contributed by atoms with Crippen LogP contribution in [0.2, 0.25) is 0 Å². The summed E-state index contributed by atoms with van der Waals surface area (Å²) >= 11 is 9.31. The van der Waals surface area contributed by atoms with E-state index < -0.39 is 15.8 Å². The summed E-state index contributed by atoms with van der Waals surface area (Å²) < 4.78 is 51.9. The molecule has 2 fully saturated rings. The van der Waals surface area contributed by atoms with E-state index >= 15 is 0 Å². The van der Waals surface area contributed by atoms with Crippen LogP contribution in [0.4, 0.5) is 0 Å². The minimum atomic E-state index is -2.71. The van der Waals surface area contributed by atoms with E-state index in [1.54, 1.807) is 37.7 Å². The van der Waals surface area contributed by atoms with Gasteiger partial charge in [0.1, 0.15) is 9.84 Å². The van der Waals surface area contributed by atoms with Gasteiger partial charge in [-0.2, -0.15) is 53.0 Å². The molecule has 5 atom stereocenters. The van der Waals surface area contributed by atoms with Gasteiger partial charge in [0.25, 0.3) is 5.91 Å². The Labute approximate surface area is 703 Å². The lowest BCUT2D eigenvalue weighted by Crippen LogP contribution is -2.38. The van der Waals surface area contributed by atoms with Crippen molar-refractivity contribution < 1.29 is 70.4 Å². The molecule has 668 valence electrons. The van der Waals surface area contributed by atoms with Crippen LogP contribution >= 0.6 is 47.9 Å². The Balaban J connectivity index is -0.000000126. The van der Waals surface area contributed by atoms with Crippen LogP contribution in [-0.2, 0) is 71.9 Å². The van der Waals surface area contributed by atoms with Crippen molar-refractivity contribution in [2.75, 3.05) is 86.7 Å². The maximum absolute atomic E-state index is 11.2. The Morgan fingerprint density at radius 3 is 1.35 bits per heavy atom. The number of ether oxygens (including phenoxy) is 6. The molecule has 0 heterocycles. The van der Waals surface area contributed by atoms with E-state index in [4.69, 9.17) is 28.5 Å².